The Labute approximate surface area is 92.9 Å². The number of hydrogen-bond donors (Lipinski definition) is 2. The summed E-state index contributed by atoms with van der Waals surface area (Å²) in [5, 5.41) is 9.13. The van der Waals surface area contributed by atoms with E-state index < -0.39 is 0 Å². The zero-order valence-electron chi connectivity index (χ0n) is 9.87. The largest absolute Gasteiger partial charge is 0.396 e. The summed E-state index contributed by atoms with van der Waals surface area (Å²) in [6.07, 6.45) is 3.05. The van der Waals surface area contributed by atoms with Crippen molar-refractivity contribution in [1.29, 1.82) is 0 Å². The molecule has 0 radical (unpaired) electrons. The van der Waals surface area contributed by atoms with Crippen LogP contribution < -0.4 is 6.15 Å². The molecule has 0 spiro atoms. The highest BCUT2D eigenvalue weighted by atomic mass is 16.3. The fraction of sp³-hybridized carbons (Fsp3) is 0.538. The van der Waals surface area contributed by atoms with E-state index in [4.69, 9.17) is 5.11 Å². The third kappa shape index (κ3) is 3.05. The molecule has 0 amide bonds. The van der Waals surface area contributed by atoms with Crippen molar-refractivity contribution in [3.05, 3.63) is 35.9 Å². The molecule has 0 aliphatic rings. The maximum absolute atomic E-state index is 9.13. The van der Waals surface area contributed by atoms with Crippen molar-refractivity contribution < 1.29 is 5.11 Å². The average molecular weight is 209 g/mol. The van der Waals surface area contributed by atoms with Crippen molar-refractivity contribution in [3.63, 3.8) is 0 Å². The fourth-order valence-corrected chi connectivity index (χ4v) is 2.16. The maximum Gasteiger partial charge on any atom is 0.0439 e. The molecule has 86 valence electrons. The molecule has 0 saturated heterocycles. The minimum atomic E-state index is 0. The van der Waals surface area contributed by atoms with Gasteiger partial charge in [-0.1, -0.05) is 44.2 Å². The molecule has 1 rings (SSSR count). The standard InChI is InChI=1S/C13H20O.H3N/c1-3-13(4-2,10-11-14)12-8-6-5-7-9-12;/h5-9,14H,3-4,10-11H2,1-2H3;1H3. The molecule has 0 aliphatic carbocycles. The minimum absolute atomic E-state index is 0. The van der Waals surface area contributed by atoms with Crippen molar-refractivity contribution in [2.45, 2.75) is 38.5 Å². The Morgan fingerprint density at radius 2 is 1.60 bits per heavy atom. The fourth-order valence-electron chi connectivity index (χ4n) is 2.16. The summed E-state index contributed by atoms with van der Waals surface area (Å²) in [4.78, 5) is 0. The van der Waals surface area contributed by atoms with Gasteiger partial charge in [0.15, 0.2) is 0 Å². The van der Waals surface area contributed by atoms with Crippen LogP contribution in [0.15, 0.2) is 30.3 Å². The summed E-state index contributed by atoms with van der Waals surface area (Å²) in [6, 6.07) is 10.5. The second kappa shape index (κ2) is 6.59. The normalized spacial score (nSPS) is 10.9. The molecule has 0 saturated carbocycles. The van der Waals surface area contributed by atoms with Crippen LogP contribution in [0.1, 0.15) is 38.7 Å². The Kier molecular flexibility index (Phi) is 6.21. The van der Waals surface area contributed by atoms with Gasteiger partial charge in [-0.15, -0.1) is 0 Å². The zero-order valence-corrected chi connectivity index (χ0v) is 9.87. The first kappa shape index (κ1) is 14.1. The first-order chi connectivity index (χ1) is 6.79. The Morgan fingerprint density at radius 3 is 2.00 bits per heavy atom. The molecular weight excluding hydrogens is 186 g/mol. The van der Waals surface area contributed by atoms with E-state index >= 15 is 0 Å². The predicted octanol–water partition coefficient (Wildman–Crippen LogP) is 3.29. The molecule has 0 fully saturated rings. The van der Waals surface area contributed by atoms with Gasteiger partial charge in [-0.2, -0.15) is 0 Å². The quantitative estimate of drug-likeness (QED) is 0.781. The highest BCUT2D eigenvalue weighted by Gasteiger charge is 2.27. The molecule has 4 N–H and O–H groups in total. The molecule has 0 atom stereocenters. The van der Waals surface area contributed by atoms with Crippen LogP contribution in [-0.4, -0.2) is 11.7 Å². The SMILES string of the molecule is CCC(CC)(CCO)c1ccccc1.N. The summed E-state index contributed by atoms with van der Waals surface area (Å²) in [5.74, 6) is 0. The van der Waals surface area contributed by atoms with Crippen LogP contribution in [-0.2, 0) is 5.41 Å². The van der Waals surface area contributed by atoms with Crippen molar-refractivity contribution in [1.82, 2.24) is 6.15 Å². The molecular formula is C13H23NO. The highest BCUT2D eigenvalue weighted by Crippen LogP contribution is 2.34. The molecule has 1 aromatic rings. The number of benzene rings is 1. The van der Waals surface area contributed by atoms with Crippen LogP contribution in [0.25, 0.3) is 0 Å². The molecule has 0 aliphatic heterocycles. The van der Waals surface area contributed by atoms with Crippen molar-refractivity contribution in [2.24, 2.45) is 0 Å². The molecule has 0 aromatic heterocycles. The number of hydrogen-bond acceptors (Lipinski definition) is 2. The van der Waals surface area contributed by atoms with E-state index in [0.717, 1.165) is 19.3 Å². The Hall–Kier alpha value is -0.860. The van der Waals surface area contributed by atoms with E-state index in [2.05, 4.69) is 38.1 Å². The summed E-state index contributed by atoms with van der Waals surface area (Å²) < 4.78 is 0. The molecule has 2 heteroatoms. The summed E-state index contributed by atoms with van der Waals surface area (Å²) in [6.45, 7) is 4.68. The molecule has 2 nitrogen and oxygen atoms in total. The van der Waals surface area contributed by atoms with Gasteiger partial charge in [-0.3, -0.25) is 0 Å². The lowest BCUT2D eigenvalue weighted by Crippen LogP contribution is -2.25. The zero-order chi connectivity index (χ0) is 10.4. The van der Waals surface area contributed by atoms with Gasteiger partial charge >= 0.3 is 0 Å². The van der Waals surface area contributed by atoms with Crippen LogP contribution >= 0.6 is 0 Å². The average Bonchev–Trinajstić information content (AvgIpc) is 2.27. The van der Waals surface area contributed by atoms with Gasteiger partial charge < -0.3 is 11.3 Å². The Balaban J connectivity index is 0.00000196. The Morgan fingerprint density at radius 1 is 1.07 bits per heavy atom. The van der Waals surface area contributed by atoms with Crippen molar-refractivity contribution >= 4 is 0 Å². The van der Waals surface area contributed by atoms with Crippen LogP contribution in [0, 0.1) is 0 Å². The molecule has 1 aromatic carbocycles. The van der Waals surface area contributed by atoms with E-state index in [-0.39, 0.29) is 18.2 Å². The Bertz CT molecular complexity index is 254. The van der Waals surface area contributed by atoms with Crippen LogP contribution in [0.4, 0.5) is 0 Å². The minimum Gasteiger partial charge on any atom is -0.396 e. The number of aliphatic hydroxyl groups excluding tert-OH is 1. The highest BCUT2D eigenvalue weighted by molar-refractivity contribution is 5.25. The van der Waals surface area contributed by atoms with Crippen molar-refractivity contribution in [2.75, 3.05) is 6.61 Å². The van der Waals surface area contributed by atoms with Gasteiger partial charge in [0.1, 0.15) is 0 Å². The van der Waals surface area contributed by atoms with Crippen LogP contribution in [0.5, 0.6) is 0 Å². The van der Waals surface area contributed by atoms with Gasteiger partial charge in [0.05, 0.1) is 0 Å². The van der Waals surface area contributed by atoms with Gasteiger partial charge in [0, 0.05) is 6.61 Å². The lowest BCUT2D eigenvalue weighted by Gasteiger charge is -2.31. The van der Waals surface area contributed by atoms with E-state index in [1.807, 2.05) is 6.07 Å². The second-order valence-corrected chi connectivity index (χ2v) is 3.83. The molecule has 0 bridgehead atoms. The van der Waals surface area contributed by atoms with E-state index in [9.17, 15) is 0 Å². The summed E-state index contributed by atoms with van der Waals surface area (Å²) >= 11 is 0. The third-order valence-corrected chi connectivity index (χ3v) is 3.33. The summed E-state index contributed by atoms with van der Waals surface area (Å²) in [7, 11) is 0. The summed E-state index contributed by atoms with van der Waals surface area (Å²) in [5.41, 5.74) is 1.54. The first-order valence-electron chi connectivity index (χ1n) is 5.45. The monoisotopic (exact) mass is 209 g/mol. The topological polar surface area (TPSA) is 55.2 Å². The number of aliphatic hydroxyl groups is 1. The third-order valence-electron chi connectivity index (χ3n) is 3.33. The van der Waals surface area contributed by atoms with Crippen LogP contribution in [0.2, 0.25) is 0 Å². The predicted molar refractivity (Wildman–Crippen MR) is 65.4 cm³/mol. The lowest BCUT2D eigenvalue weighted by molar-refractivity contribution is 0.227. The maximum atomic E-state index is 9.13. The smallest absolute Gasteiger partial charge is 0.0439 e. The molecule has 0 unspecified atom stereocenters. The van der Waals surface area contributed by atoms with E-state index in [0.29, 0.717) is 0 Å². The van der Waals surface area contributed by atoms with Gasteiger partial charge in [0.25, 0.3) is 0 Å². The molecule has 0 heterocycles. The van der Waals surface area contributed by atoms with E-state index in [1.165, 1.54) is 5.56 Å². The van der Waals surface area contributed by atoms with Crippen molar-refractivity contribution in [3.8, 4) is 0 Å². The van der Waals surface area contributed by atoms with E-state index in [1.54, 1.807) is 0 Å². The van der Waals surface area contributed by atoms with Crippen LogP contribution in [0.3, 0.4) is 0 Å². The number of rotatable bonds is 5. The van der Waals surface area contributed by atoms with Gasteiger partial charge in [-0.05, 0) is 30.2 Å². The lowest BCUT2D eigenvalue weighted by atomic mass is 9.73. The van der Waals surface area contributed by atoms with Gasteiger partial charge in [-0.25, -0.2) is 0 Å². The molecule has 15 heavy (non-hydrogen) atoms. The van der Waals surface area contributed by atoms with Gasteiger partial charge in [0.2, 0.25) is 0 Å². The second-order valence-electron chi connectivity index (χ2n) is 3.83. The first-order valence-corrected chi connectivity index (χ1v) is 5.45.